The standard InChI is InChI=1S/C15H13F3N2O2/c16-15(17,18)14(21)22-11-7-3-6-10-12(11)13(19)8-4-1-2-5-9(8)20-10/h1-2,4-5,11H,3,6-7H2,(H2,19,20). The lowest BCUT2D eigenvalue weighted by Gasteiger charge is -2.27. The molecule has 0 fully saturated rings. The second-order valence-electron chi connectivity index (χ2n) is 5.19. The smallest absolute Gasteiger partial charge is 0.451 e. The number of nitrogen functional groups attached to an aromatic ring is 1. The third kappa shape index (κ3) is 2.47. The fourth-order valence-corrected chi connectivity index (χ4v) is 2.77. The van der Waals surface area contributed by atoms with E-state index in [0.29, 0.717) is 47.1 Å². The molecular formula is C15H13F3N2O2. The molecule has 1 heterocycles. The van der Waals surface area contributed by atoms with Crippen LogP contribution in [0.4, 0.5) is 18.9 Å². The van der Waals surface area contributed by atoms with Crippen molar-refractivity contribution in [2.24, 2.45) is 0 Å². The number of esters is 1. The van der Waals surface area contributed by atoms with E-state index in [1.165, 1.54) is 0 Å². The zero-order valence-corrected chi connectivity index (χ0v) is 11.5. The number of hydrogen-bond acceptors (Lipinski definition) is 4. The van der Waals surface area contributed by atoms with Gasteiger partial charge in [0.2, 0.25) is 0 Å². The van der Waals surface area contributed by atoms with Crippen LogP contribution in [-0.4, -0.2) is 17.1 Å². The molecule has 0 radical (unpaired) electrons. The summed E-state index contributed by atoms with van der Waals surface area (Å²) in [6, 6.07) is 7.12. The van der Waals surface area contributed by atoms with E-state index in [1.54, 1.807) is 18.2 Å². The lowest BCUT2D eigenvalue weighted by atomic mass is 9.90. The van der Waals surface area contributed by atoms with E-state index in [4.69, 9.17) is 5.73 Å². The van der Waals surface area contributed by atoms with Crippen LogP contribution in [-0.2, 0) is 16.0 Å². The third-order valence-corrected chi connectivity index (χ3v) is 3.73. The van der Waals surface area contributed by atoms with Crippen LogP contribution in [0.2, 0.25) is 0 Å². The van der Waals surface area contributed by atoms with Gasteiger partial charge in [0, 0.05) is 16.6 Å². The summed E-state index contributed by atoms with van der Waals surface area (Å²) in [4.78, 5) is 15.6. The number of aryl methyl sites for hydroxylation is 1. The molecular weight excluding hydrogens is 297 g/mol. The van der Waals surface area contributed by atoms with E-state index in [1.807, 2.05) is 6.07 Å². The van der Waals surface area contributed by atoms with Gasteiger partial charge < -0.3 is 10.5 Å². The number of carbonyl (C=O) groups excluding carboxylic acids is 1. The summed E-state index contributed by atoms with van der Waals surface area (Å²) in [6.07, 6.45) is -4.52. The van der Waals surface area contributed by atoms with E-state index < -0.39 is 18.2 Å². The summed E-state index contributed by atoms with van der Waals surface area (Å²) >= 11 is 0. The highest BCUT2D eigenvalue weighted by molar-refractivity contribution is 5.92. The monoisotopic (exact) mass is 310 g/mol. The highest BCUT2D eigenvalue weighted by Crippen LogP contribution is 2.39. The van der Waals surface area contributed by atoms with Crippen LogP contribution in [0.5, 0.6) is 0 Å². The Kier molecular flexibility index (Phi) is 3.42. The van der Waals surface area contributed by atoms with Crippen LogP contribution in [0.15, 0.2) is 24.3 Å². The lowest BCUT2D eigenvalue weighted by molar-refractivity contribution is -0.205. The Labute approximate surface area is 124 Å². The highest BCUT2D eigenvalue weighted by Gasteiger charge is 2.43. The second kappa shape index (κ2) is 5.15. The van der Waals surface area contributed by atoms with Gasteiger partial charge in [-0.05, 0) is 25.3 Å². The normalized spacial score (nSPS) is 18.0. The van der Waals surface area contributed by atoms with Crippen LogP contribution in [0.3, 0.4) is 0 Å². The maximum absolute atomic E-state index is 12.4. The number of ether oxygens (including phenoxy) is 1. The molecule has 1 aromatic carbocycles. The second-order valence-corrected chi connectivity index (χ2v) is 5.19. The molecule has 3 rings (SSSR count). The van der Waals surface area contributed by atoms with E-state index >= 15 is 0 Å². The Balaban J connectivity index is 2.06. The molecule has 22 heavy (non-hydrogen) atoms. The van der Waals surface area contributed by atoms with Gasteiger partial charge in [0.25, 0.3) is 0 Å². The number of nitrogens with two attached hydrogens (primary N) is 1. The maximum Gasteiger partial charge on any atom is 0.490 e. The maximum atomic E-state index is 12.4. The molecule has 0 bridgehead atoms. The molecule has 116 valence electrons. The molecule has 0 saturated carbocycles. The van der Waals surface area contributed by atoms with Gasteiger partial charge in [-0.3, -0.25) is 4.98 Å². The minimum Gasteiger partial charge on any atom is -0.451 e. The number of fused-ring (bicyclic) bond motifs is 2. The van der Waals surface area contributed by atoms with Gasteiger partial charge in [0.1, 0.15) is 6.10 Å². The van der Waals surface area contributed by atoms with Crippen molar-refractivity contribution in [3.8, 4) is 0 Å². The molecule has 1 aliphatic rings. The van der Waals surface area contributed by atoms with Gasteiger partial charge >= 0.3 is 12.1 Å². The fraction of sp³-hybridized carbons (Fsp3) is 0.333. The number of rotatable bonds is 1. The van der Waals surface area contributed by atoms with E-state index in [-0.39, 0.29) is 0 Å². The first-order valence-electron chi connectivity index (χ1n) is 6.82. The molecule has 2 aromatic rings. The Morgan fingerprint density at radius 3 is 2.77 bits per heavy atom. The summed E-state index contributed by atoms with van der Waals surface area (Å²) in [6.45, 7) is 0. The predicted octanol–water partition coefficient (Wildman–Crippen LogP) is 3.30. The molecule has 7 heteroatoms. The number of pyridine rings is 1. The van der Waals surface area contributed by atoms with Crippen LogP contribution >= 0.6 is 0 Å². The summed E-state index contributed by atoms with van der Waals surface area (Å²) in [5.74, 6) is -2.20. The molecule has 0 spiro atoms. The number of hydrogen-bond donors (Lipinski definition) is 1. The Hall–Kier alpha value is -2.31. The van der Waals surface area contributed by atoms with Crippen molar-refractivity contribution in [3.63, 3.8) is 0 Å². The number of benzene rings is 1. The summed E-state index contributed by atoms with van der Waals surface area (Å²) in [5, 5.41) is 0.649. The van der Waals surface area contributed by atoms with E-state index in [2.05, 4.69) is 9.72 Å². The van der Waals surface area contributed by atoms with Crippen molar-refractivity contribution in [1.82, 2.24) is 4.98 Å². The van der Waals surface area contributed by atoms with Gasteiger partial charge in [0.15, 0.2) is 0 Å². The number of nitrogens with zero attached hydrogens (tertiary/aromatic N) is 1. The largest absolute Gasteiger partial charge is 0.490 e. The van der Waals surface area contributed by atoms with Crippen LogP contribution in [0, 0.1) is 0 Å². The Morgan fingerprint density at radius 2 is 2.05 bits per heavy atom. The first-order chi connectivity index (χ1) is 10.4. The van der Waals surface area contributed by atoms with Crippen molar-refractivity contribution in [1.29, 1.82) is 0 Å². The minimum atomic E-state index is -5.02. The van der Waals surface area contributed by atoms with Crippen LogP contribution in [0.25, 0.3) is 10.9 Å². The van der Waals surface area contributed by atoms with Gasteiger partial charge in [-0.25, -0.2) is 4.79 Å². The van der Waals surface area contributed by atoms with Crippen LogP contribution in [0.1, 0.15) is 30.2 Å². The summed E-state index contributed by atoms with van der Waals surface area (Å²) < 4.78 is 41.9. The highest BCUT2D eigenvalue weighted by atomic mass is 19.4. The molecule has 0 saturated heterocycles. The number of para-hydroxylation sites is 1. The molecule has 0 aliphatic heterocycles. The molecule has 2 N–H and O–H groups in total. The van der Waals surface area contributed by atoms with Gasteiger partial charge in [-0.15, -0.1) is 0 Å². The number of alkyl halides is 3. The number of aromatic nitrogens is 1. The molecule has 4 nitrogen and oxygen atoms in total. The summed E-state index contributed by atoms with van der Waals surface area (Å²) in [7, 11) is 0. The topological polar surface area (TPSA) is 65.2 Å². The molecule has 1 atom stereocenters. The van der Waals surface area contributed by atoms with Crippen LogP contribution < -0.4 is 5.73 Å². The minimum absolute atomic E-state index is 0.305. The predicted molar refractivity (Wildman–Crippen MR) is 74.0 cm³/mol. The van der Waals surface area contributed by atoms with Crippen molar-refractivity contribution < 1.29 is 22.7 Å². The van der Waals surface area contributed by atoms with Gasteiger partial charge in [-0.1, -0.05) is 18.2 Å². The van der Waals surface area contributed by atoms with E-state index in [0.717, 1.165) is 0 Å². The number of halogens is 3. The zero-order valence-electron chi connectivity index (χ0n) is 11.5. The average molecular weight is 310 g/mol. The Bertz CT molecular complexity index is 743. The zero-order chi connectivity index (χ0) is 15.9. The first kappa shape index (κ1) is 14.6. The lowest BCUT2D eigenvalue weighted by Crippen LogP contribution is -2.29. The first-order valence-corrected chi connectivity index (χ1v) is 6.82. The summed E-state index contributed by atoms with van der Waals surface area (Å²) in [5.41, 5.74) is 8.12. The molecule has 1 unspecified atom stereocenters. The van der Waals surface area contributed by atoms with Crippen molar-refractivity contribution in [3.05, 3.63) is 35.5 Å². The van der Waals surface area contributed by atoms with Gasteiger partial charge in [-0.2, -0.15) is 13.2 Å². The van der Waals surface area contributed by atoms with Crippen molar-refractivity contribution in [2.75, 3.05) is 5.73 Å². The molecule has 1 aromatic heterocycles. The molecule has 0 amide bonds. The Morgan fingerprint density at radius 1 is 1.32 bits per heavy atom. The number of carbonyl (C=O) groups is 1. The van der Waals surface area contributed by atoms with Gasteiger partial charge in [0.05, 0.1) is 11.2 Å². The number of anilines is 1. The fourth-order valence-electron chi connectivity index (χ4n) is 2.77. The van der Waals surface area contributed by atoms with E-state index in [9.17, 15) is 18.0 Å². The molecule has 1 aliphatic carbocycles. The average Bonchev–Trinajstić information content (AvgIpc) is 2.46. The van der Waals surface area contributed by atoms with Crippen molar-refractivity contribution >= 4 is 22.6 Å². The quantitative estimate of drug-likeness (QED) is 0.821. The third-order valence-electron chi connectivity index (χ3n) is 3.73. The van der Waals surface area contributed by atoms with Crippen molar-refractivity contribution in [2.45, 2.75) is 31.5 Å². The SMILES string of the molecule is Nc1c2c(nc3ccccc13)CCCC2OC(=O)C(F)(F)F.